The largest absolute Gasteiger partial charge is 0.497 e. The standard InChI is InChI=1S/C23H19Cl2FN2O4/c1-11(19-17(24)4-5-18(26)20(19)25)32-22-21-15(9-28-23(22)27)16(10-31-21)12-6-13(29-2)8-14(7-12)30-3/h4-11H,1-3H3,(H2,27,28). The number of hydrogen-bond acceptors (Lipinski definition) is 6. The molecular weight excluding hydrogens is 458 g/mol. The first kappa shape index (κ1) is 22.0. The number of ether oxygens (including phenoxy) is 3. The zero-order chi connectivity index (χ0) is 23.0. The molecule has 0 bridgehead atoms. The number of aromatic nitrogens is 1. The summed E-state index contributed by atoms with van der Waals surface area (Å²) in [5.41, 5.74) is 8.29. The fourth-order valence-electron chi connectivity index (χ4n) is 3.43. The Bertz CT molecular complexity index is 1290. The molecule has 0 aliphatic heterocycles. The number of furan rings is 1. The Balaban J connectivity index is 1.79. The van der Waals surface area contributed by atoms with Crippen LogP contribution in [0.15, 0.2) is 47.2 Å². The van der Waals surface area contributed by atoms with Gasteiger partial charge in [0, 0.05) is 28.4 Å². The summed E-state index contributed by atoms with van der Waals surface area (Å²) < 4.78 is 36.5. The van der Waals surface area contributed by atoms with E-state index in [-0.39, 0.29) is 21.6 Å². The van der Waals surface area contributed by atoms with Crippen molar-refractivity contribution < 1.29 is 23.0 Å². The summed E-state index contributed by atoms with van der Waals surface area (Å²) in [5, 5.41) is 0.812. The number of methoxy groups -OCH3 is 2. The molecule has 166 valence electrons. The highest BCUT2D eigenvalue weighted by atomic mass is 35.5. The first-order valence-electron chi connectivity index (χ1n) is 9.53. The maximum absolute atomic E-state index is 14.0. The Morgan fingerprint density at radius 1 is 1.09 bits per heavy atom. The van der Waals surface area contributed by atoms with Crippen LogP contribution in [-0.2, 0) is 0 Å². The van der Waals surface area contributed by atoms with Crippen LogP contribution in [-0.4, -0.2) is 19.2 Å². The average Bonchev–Trinajstić information content (AvgIpc) is 3.22. The fraction of sp³-hybridized carbons (Fsp3) is 0.174. The number of pyridine rings is 1. The Labute approximate surface area is 193 Å². The van der Waals surface area contributed by atoms with Gasteiger partial charge in [0.05, 0.1) is 30.9 Å². The number of fused-ring (bicyclic) bond motifs is 1. The number of rotatable bonds is 6. The maximum Gasteiger partial charge on any atom is 0.205 e. The van der Waals surface area contributed by atoms with Gasteiger partial charge in [-0.2, -0.15) is 0 Å². The quantitative estimate of drug-likeness (QED) is 0.312. The molecule has 4 rings (SSSR count). The van der Waals surface area contributed by atoms with E-state index >= 15 is 0 Å². The van der Waals surface area contributed by atoms with Gasteiger partial charge < -0.3 is 24.4 Å². The molecule has 2 N–H and O–H groups in total. The average molecular weight is 477 g/mol. The van der Waals surface area contributed by atoms with E-state index in [0.717, 1.165) is 11.1 Å². The molecule has 0 radical (unpaired) electrons. The van der Waals surface area contributed by atoms with Crippen molar-refractivity contribution in [3.8, 4) is 28.4 Å². The van der Waals surface area contributed by atoms with E-state index in [9.17, 15) is 4.39 Å². The van der Waals surface area contributed by atoms with Gasteiger partial charge in [-0.25, -0.2) is 9.37 Å². The normalized spacial score (nSPS) is 12.1. The summed E-state index contributed by atoms with van der Waals surface area (Å²) >= 11 is 12.4. The molecule has 0 aliphatic carbocycles. The Hall–Kier alpha value is -3.16. The smallest absolute Gasteiger partial charge is 0.205 e. The van der Waals surface area contributed by atoms with Gasteiger partial charge in [0.15, 0.2) is 11.4 Å². The van der Waals surface area contributed by atoms with Gasteiger partial charge in [-0.05, 0) is 36.8 Å². The van der Waals surface area contributed by atoms with Gasteiger partial charge >= 0.3 is 0 Å². The molecule has 1 unspecified atom stereocenters. The third-order valence-electron chi connectivity index (χ3n) is 5.04. The number of anilines is 1. The van der Waals surface area contributed by atoms with Crippen LogP contribution in [0.3, 0.4) is 0 Å². The summed E-state index contributed by atoms with van der Waals surface area (Å²) in [6.07, 6.45) is 2.43. The van der Waals surface area contributed by atoms with E-state index in [4.69, 9.17) is 47.6 Å². The minimum atomic E-state index is -0.731. The highest BCUT2D eigenvalue weighted by molar-refractivity contribution is 6.36. The fourth-order valence-corrected chi connectivity index (χ4v) is 4.11. The topological polar surface area (TPSA) is 79.7 Å². The second kappa shape index (κ2) is 8.76. The third kappa shape index (κ3) is 3.89. The lowest BCUT2D eigenvalue weighted by Gasteiger charge is -2.18. The van der Waals surface area contributed by atoms with Crippen molar-refractivity contribution in [3.63, 3.8) is 0 Å². The molecule has 2 aromatic carbocycles. The molecule has 4 aromatic rings. The molecule has 0 saturated heterocycles. The Morgan fingerprint density at radius 3 is 2.44 bits per heavy atom. The predicted molar refractivity (Wildman–Crippen MR) is 122 cm³/mol. The van der Waals surface area contributed by atoms with E-state index in [1.165, 1.54) is 12.1 Å². The molecule has 1 atom stereocenters. The second-order valence-electron chi connectivity index (χ2n) is 6.98. The molecular formula is C23H19Cl2FN2O4. The van der Waals surface area contributed by atoms with Crippen LogP contribution in [0.1, 0.15) is 18.6 Å². The minimum absolute atomic E-state index is 0.108. The Morgan fingerprint density at radius 2 is 1.78 bits per heavy atom. The van der Waals surface area contributed by atoms with Crippen molar-refractivity contribution >= 4 is 40.0 Å². The molecule has 0 saturated carbocycles. The van der Waals surface area contributed by atoms with E-state index < -0.39 is 11.9 Å². The van der Waals surface area contributed by atoms with Gasteiger partial charge in [-0.15, -0.1) is 0 Å². The molecule has 32 heavy (non-hydrogen) atoms. The molecule has 0 amide bonds. The van der Waals surface area contributed by atoms with Gasteiger partial charge in [-0.1, -0.05) is 23.2 Å². The van der Waals surface area contributed by atoms with Crippen LogP contribution in [0.2, 0.25) is 10.0 Å². The van der Waals surface area contributed by atoms with Crippen molar-refractivity contribution in [2.24, 2.45) is 0 Å². The van der Waals surface area contributed by atoms with E-state index in [0.29, 0.717) is 28.0 Å². The number of nitrogens with zero attached hydrogens (tertiary/aromatic N) is 1. The Kier molecular flexibility index (Phi) is 6.04. The minimum Gasteiger partial charge on any atom is -0.497 e. The molecule has 0 aliphatic rings. The van der Waals surface area contributed by atoms with Crippen LogP contribution >= 0.6 is 23.2 Å². The van der Waals surface area contributed by atoms with Crippen molar-refractivity contribution in [2.75, 3.05) is 20.0 Å². The van der Waals surface area contributed by atoms with Crippen molar-refractivity contribution in [3.05, 3.63) is 64.2 Å². The molecule has 6 nitrogen and oxygen atoms in total. The van der Waals surface area contributed by atoms with Crippen LogP contribution in [0.25, 0.3) is 22.1 Å². The van der Waals surface area contributed by atoms with E-state index in [1.807, 2.05) is 12.1 Å². The summed E-state index contributed by atoms with van der Waals surface area (Å²) in [4.78, 5) is 4.25. The summed E-state index contributed by atoms with van der Waals surface area (Å²) in [6, 6.07) is 8.07. The van der Waals surface area contributed by atoms with E-state index in [2.05, 4.69) is 4.98 Å². The van der Waals surface area contributed by atoms with Gasteiger partial charge in [-0.3, -0.25) is 0 Å². The summed E-state index contributed by atoms with van der Waals surface area (Å²) in [6.45, 7) is 1.68. The molecule has 2 aromatic heterocycles. The number of hydrogen-bond donors (Lipinski definition) is 1. The monoisotopic (exact) mass is 476 g/mol. The van der Waals surface area contributed by atoms with Gasteiger partial charge in [0.2, 0.25) is 5.75 Å². The maximum atomic E-state index is 14.0. The second-order valence-corrected chi connectivity index (χ2v) is 7.77. The van der Waals surface area contributed by atoms with Gasteiger partial charge in [0.1, 0.15) is 23.4 Å². The lowest BCUT2D eigenvalue weighted by atomic mass is 10.0. The zero-order valence-electron chi connectivity index (χ0n) is 17.4. The van der Waals surface area contributed by atoms with Crippen molar-refractivity contribution in [1.82, 2.24) is 4.98 Å². The van der Waals surface area contributed by atoms with Crippen molar-refractivity contribution in [2.45, 2.75) is 13.0 Å². The molecule has 0 spiro atoms. The number of nitrogens with two attached hydrogens (primary N) is 1. The number of halogens is 3. The molecule has 9 heteroatoms. The highest BCUT2D eigenvalue weighted by Gasteiger charge is 2.23. The van der Waals surface area contributed by atoms with Crippen molar-refractivity contribution in [1.29, 1.82) is 0 Å². The first-order valence-corrected chi connectivity index (χ1v) is 10.3. The lowest BCUT2D eigenvalue weighted by molar-refractivity contribution is 0.227. The summed E-state index contributed by atoms with van der Waals surface area (Å²) in [7, 11) is 3.15. The molecule has 2 heterocycles. The van der Waals surface area contributed by atoms with Crippen LogP contribution in [0.4, 0.5) is 10.2 Å². The predicted octanol–water partition coefficient (Wildman–Crippen LogP) is 6.68. The van der Waals surface area contributed by atoms with Crippen LogP contribution in [0.5, 0.6) is 17.2 Å². The first-order chi connectivity index (χ1) is 15.3. The third-order valence-corrected chi connectivity index (χ3v) is 5.76. The lowest BCUT2D eigenvalue weighted by Crippen LogP contribution is -2.08. The van der Waals surface area contributed by atoms with E-state index in [1.54, 1.807) is 39.7 Å². The SMILES string of the molecule is COc1cc(OC)cc(-c2coc3c(OC(C)c4c(Cl)ccc(F)c4Cl)c(N)ncc23)c1. The number of benzene rings is 2. The zero-order valence-corrected chi connectivity index (χ0v) is 18.9. The summed E-state index contributed by atoms with van der Waals surface area (Å²) in [5.74, 6) is 0.956. The van der Waals surface area contributed by atoms with Crippen LogP contribution in [0, 0.1) is 5.82 Å². The highest BCUT2D eigenvalue weighted by Crippen LogP contribution is 2.42. The van der Waals surface area contributed by atoms with Crippen LogP contribution < -0.4 is 19.9 Å². The van der Waals surface area contributed by atoms with Gasteiger partial charge in [0.25, 0.3) is 0 Å². The number of nitrogen functional groups attached to an aromatic ring is 1. The molecule has 0 fully saturated rings.